The summed E-state index contributed by atoms with van der Waals surface area (Å²) < 4.78 is 11.2. The minimum Gasteiger partial charge on any atom is -0.481 e. The summed E-state index contributed by atoms with van der Waals surface area (Å²) in [6, 6.07) is -0.711. The second kappa shape index (κ2) is 7.59. The first-order valence-electron chi connectivity index (χ1n) is 5.88. The molecule has 5 N–H and O–H groups in total. The lowest BCUT2D eigenvalue weighted by molar-refractivity contribution is -0.135. The minimum atomic E-state index is -4.24. The summed E-state index contributed by atoms with van der Waals surface area (Å²) >= 11 is 0. The molecule has 1 amide bonds. The largest absolute Gasteiger partial charge is 0.481 e. The molecule has 1 fully saturated rings. The number of carboxylic acids is 1. The zero-order valence-electron chi connectivity index (χ0n) is 11.0. The van der Waals surface area contributed by atoms with E-state index < -0.39 is 25.4 Å². The van der Waals surface area contributed by atoms with Crippen molar-refractivity contribution in [2.24, 2.45) is 5.73 Å². The van der Waals surface area contributed by atoms with Crippen molar-refractivity contribution in [3.63, 3.8) is 0 Å². The Morgan fingerprint density at radius 1 is 1.37 bits per heavy atom. The predicted molar refractivity (Wildman–Crippen MR) is 68.4 cm³/mol. The number of nitrogens with zero attached hydrogens (tertiary/aromatic N) is 1. The molecule has 0 bridgehead atoms. The quantitative estimate of drug-likeness (QED) is 0.523. The van der Waals surface area contributed by atoms with Crippen LogP contribution in [0.2, 0.25) is 0 Å². The van der Waals surface area contributed by atoms with Gasteiger partial charge in [0, 0.05) is 13.5 Å². The van der Waals surface area contributed by atoms with Gasteiger partial charge in [0.05, 0.1) is 6.04 Å². The topological polar surface area (TPSA) is 141 Å². The Morgan fingerprint density at radius 3 is 2.21 bits per heavy atom. The van der Waals surface area contributed by atoms with E-state index in [1.807, 2.05) is 0 Å². The molecular formula is C10H21N2O6P. The second-order valence-corrected chi connectivity index (χ2v) is 6.18. The number of hydrogen-bond acceptors (Lipinski definition) is 4. The maximum absolute atomic E-state index is 11.6. The summed E-state index contributed by atoms with van der Waals surface area (Å²) in [6.07, 6.45) is 1.86. The summed E-state index contributed by atoms with van der Waals surface area (Å²) in [6.45, 7) is 2.99. The molecule has 0 aromatic heterocycles. The molecule has 1 rings (SSSR count). The van der Waals surface area contributed by atoms with Crippen molar-refractivity contribution >= 4 is 19.5 Å². The highest BCUT2D eigenvalue weighted by molar-refractivity contribution is 7.52. The molecule has 0 saturated carbocycles. The molecule has 0 aromatic rings. The molecule has 8 nitrogen and oxygen atoms in total. The van der Waals surface area contributed by atoms with Gasteiger partial charge in [-0.25, -0.2) is 0 Å². The third kappa shape index (κ3) is 6.68. The van der Waals surface area contributed by atoms with E-state index >= 15 is 0 Å². The number of likely N-dealkylation sites (tertiary alicyclic amines) is 1. The van der Waals surface area contributed by atoms with Crippen LogP contribution in [0.1, 0.15) is 33.1 Å². The highest BCUT2D eigenvalue weighted by Gasteiger charge is 2.39. The standard InChI is InChI=1S/C8H17N2O4P.C2H4O2/c1-6(9)8(11)10-5-3-2-4-7(10)15(12,13)14;1-2(3)4/h6-7H,2-5,9H2,1H3,(H2,12,13,14);1H3,(H,3,4). The molecule has 112 valence electrons. The van der Waals surface area contributed by atoms with Crippen LogP contribution in [-0.2, 0) is 14.2 Å². The van der Waals surface area contributed by atoms with Gasteiger partial charge < -0.3 is 25.5 Å². The first-order valence-corrected chi connectivity index (χ1v) is 7.56. The van der Waals surface area contributed by atoms with Crippen molar-refractivity contribution in [3.05, 3.63) is 0 Å². The van der Waals surface area contributed by atoms with Crippen molar-refractivity contribution in [2.45, 2.75) is 44.9 Å². The molecule has 1 aliphatic rings. The van der Waals surface area contributed by atoms with Crippen LogP contribution >= 0.6 is 7.60 Å². The zero-order chi connectivity index (χ0) is 15.2. The van der Waals surface area contributed by atoms with E-state index in [4.69, 9.17) is 25.4 Å². The van der Waals surface area contributed by atoms with Crippen LogP contribution in [0, 0.1) is 0 Å². The number of carbonyl (C=O) groups is 2. The van der Waals surface area contributed by atoms with Crippen molar-refractivity contribution in [3.8, 4) is 0 Å². The summed E-state index contributed by atoms with van der Waals surface area (Å²) in [4.78, 5) is 40.1. The van der Waals surface area contributed by atoms with Crippen molar-refractivity contribution in [1.29, 1.82) is 0 Å². The number of carbonyl (C=O) groups excluding carboxylic acids is 1. The van der Waals surface area contributed by atoms with E-state index in [0.717, 1.165) is 19.8 Å². The lowest BCUT2D eigenvalue weighted by atomic mass is 10.1. The fourth-order valence-electron chi connectivity index (χ4n) is 1.78. The fraction of sp³-hybridized carbons (Fsp3) is 0.800. The third-order valence-corrected chi connectivity index (χ3v) is 3.85. The molecule has 2 unspecified atom stereocenters. The van der Waals surface area contributed by atoms with E-state index in [1.165, 1.54) is 11.8 Å². The van der Waals surface area contributed by atoms with E-state index in [0.29, 0.717) is 13.0 Å². The minimum absolute atomic E-state index is 0.350. The van der Waals surface area contributed by atoms with Crippen molar-refractivity contribution in [2.75, 3.05) is 6.54 Å². The highest BCUT2D eigenvalue weighted by atomic mass is 31.2. The smallest absolute Gasteiger partial charge is 0.347 e. The molecule has 0 radical (unpaired) electrons. The Bertz CT molecular complexity index is 363. The van der Waals surface area contributed by atoms with Crippen LogP contribution in [0.3, 0.4) is 0 Å². The average molecular weight is 296 g/mol. The average Bonchev–Trinajstić information content (AvgIpc) is 2.26. The molecule has 0 spiro atoms. The molecule has 0 aromatic carbocycles. The van der Waals surface area contributed by atoms with Gasteiger partial charge >= 0.3 is 7.60 Å². The van der Waals surface area contributed by atoms with Gasteiger partial charge in [0.25, 0.3) is 5.97 Å². The van der Waals surface area contributed by atoms with Gasteiger partial charge in [-0.3, -0.25) is 14.2 Å². The van der Waals surface area contributed by atoms with Crippen LogP contribution in [0.4, 0.5) is 0 Å². The van der Waals surface area contributed by atoms with Gasteiger partial charge in [0.1, 0.15) is 5.78 Å². The number of piperidine rings is 1. The van der Waals surface area contributed by atoms with Gasteiger partial charge in [-0.1, -0.05) is 0 Å². The monoisotopic (exact) mass is 296 g/mol. The van der Waals surface area contributed by atoms with Crippen LogP contribution in [0.15, 0.2) is 0 Å². The normalized spacial score (nSPS) is 21.1. The Balaban J connectivity index is 0.000000711. The number of rotatable bonds is 2. The number of nitrogens with two attached hydrogens (primary N) is 1. The van der Waals surface area contributed by atoms with Gasteiger partial charge in [-0.05, 0) is 26.2 Å². The summed E-state index contributed by atoms with van der Waals surface area (Å²) in [5, 5.41) is 7.42. The van der Waals surface area contributed by atoms with Crippen LogP contribution in [0.25, 0.3) is 0 Å². The third-order valence-electron chi connectivity index (χ3n) is 2.53. The summed E-state index contributed by atoms with van der Waals surface area (Å²) in [5.74, 6) is -2.20. The molecule has 19 heavy (non-hydrogen) atoms. The van der Waals surface area contributed by atoms with E-state index in [1.54, 1.807) is 0 Å². The molecule has 1 saturated heterocycles. The number of carboxylic acid groups (broad SMARTS) is 1. The summed E-state index contributed by atoms with van der Waals surface area (Å²) in [5.41, 5.74) is 5.43. The Morgan fingerprint density at radius 2 is 1.84 bits per heavy atom. The van der Waals surface area contributed by atoms with Crippen molar-refractivity contribution in [1.82, 2.24) is 4.90 Å². The van der Waals surface area contributed by atoms with Gasteiger partial charge in [0.2, 0.25) is 5.91 Å². The predicted octanol–water partition coefficient (Wildman–Crippen LogP) is -0.0592. The Hall–Kier alpha value is -0.950. The number of hydrogen-bond donors (Lipinski definition) is 4. The first kappa shape index (κ1) is 18.0. The molecule has 2 atom stereocenters. The lowest BCUT2D eigenvalue weighted by Gasteiger charge is -2.36. The van der Waals surface area contributed by atoms with E-state index in [9.17, 15) is 9.36 Å². The molecule has 1 aliphatic heterocycles. The Labute approximate surface area is 111 Å². The number of aliphatic carboxylic acids is 1. The van der Waals surface area contributed by atoms with E-state index in [2.05, 4.69) is 0 Å². The van der Waals surface area contributed by atoms with Crippen LogP contribution < -0.4 is 5.73 Å². The van der Waals surface area contributed by atoms with Gasteiger partial charge in [-0.15, -0.1) is 0 Å². The second-order valence-electron chi connectivity index (χ2n) is 4.40. The van der Waals surface area contributed by atoms with E-state index in [-0.39, 0.29) is 5.91 Å². The lowest BCUT2D eigenvalue weighted by Crippen LogP contribution is -2.49. The first-order chi connectivity index (χ1) is 8.57. The maximum atomic E-state index is 11.6. The maximum Gasteiger partial charge on any atom is 0.347 e. The zero-order valence-corrected chi connectivity index (χ0v) is 11.9. The molecular weight excluding hydrogens is 275 g/mol. The fourth-order valence-corrected chi connectivity index (χ4v) is 2.89. The SMILES string of the molecule is CC(=O)O.CC(N)C(=O)N1CCCCC1P(=O)(O)O. The molecule has 9 heteroatoms. The van der Waals surface area contributed by atoms with Crippen molar-refractivity contribution < 1.29 is 29.0 Å². The van der Waals surface area contributed by atoms with Gasteiger partial charge in [0.15, 0.2) is 0 Å². The van der Waals surface area contributed by atoms with Gasteiger partial charge in [-0.2, -0.15) is 0 Å². The summed E-state index contributed by atoms with van der Waals surface area (Å²) in [7, 11) is -4.24. The van der Waals surface area contributed by atoms with Crippen LogP contribution in [-0.4, -0.2) is 50.0 Å². The number of amides is 1. The Kier molecular flexibility index (Phi) is 7.21. The highest BCUT2D eigenvalue weighted by Crippen LogP contribution is 2.47. The molecule has 0 aliphatic carbocycles. The van der Waals surface area contributed by atoms with Crippen LogP contribution in [0.5, 0.6) is 0 Å². The molecule has 1 heterocycles.